The summed E-state index contributed by atoms with van der Waals surface area (Å²) in [4.78, 5) is 4.88. The molecule has 1 N–H and O–H groups in total. The van der Waals surface area contributed by atoms with Crippen LogP contribution in [0.3, 0.4) is 0 Å². The van der Waals surface area contributed by atoms with Gasteiger partial charge in [0, 0.05) is 15.8 Å². The summed E-state index contributed by atoms with van der Waals surface area (Å²) in [5, 5.41) is 4.00. The van der Waals surface area contributed by atoms with E-state index in [2.05, 4.69) is 10.3 Å². The lowest BCUT2D eigenvalue weighted by Crippen LogP contribution is -2.16. The van der Waals surface area contributed by atoms with Gasteiger partial charge in [0.2, 0.25) is 0 Å². The van der Waals surface area contributed by atoms with Crippen LogP contribution in [0.4, 0.5) is 8.78 Å². The van der Waals surface area contributed by atoms with E-state index in [0.717, 1.165) is 20.5 Å². The number of rotatable bonds is 3. The maximum Gasteiger partial charge on any atom is 0.141 e. The van der Waals surface area contributed by atoms with Crippen LogP contribution in [-0.2, 0) is 0 Å². The summed E-state index contributed by atoms with van der Waals surface area (Å²) in [5.74, 6) is -0.620. The molecule has 5 heteroatoms. The zero-order valence-electron chi connectivity index (χ0n) is 10.7. The largest absolute Gasteiger partial charge is 0.309 e. The third-order valence-corrected chi connectivity index (χ3v) is 4.31. The van der Waals surface area contributed by atoms with Gasteiger partial charge in [-0.1, -0.05) is 0 Å². The van der Waals surface area contributed by atoms with E-state index >= 15 is 0 Å². The molecule has 0 aliphatic rings. The second-order valence-corrected chi connectivity index (χ2v) is 5.60. The Labute approximate surface area is 119 Å². The van der Waals surface area contributed by atoms with E-state index in [4.69, 9.17) is 0 Å². The predicted octanol–water partition coefficient (Wildman–Crippen LogP) is 3.88. The van der Waals surface area contributed by atoms with Gasteiger partial charge in [0.25, 0.3) is 0 Å². The molecule has 0 amide bonds. The van der Waals surface area contributed by atoms with Gasteiger partial charge in [-0.3, -0.25) is 4.98 Å². The van der Waals surface area contributed by atoms with Crippen molar-refractivity contribution in [3.05, 3.63) is 64.8 Å². The molecule has 0 aliphatic carbocycles. The van der Waals surface area contributed by atoms with Crippen LogP contribution >= 0.6 is 11.3 Å². The van der Waals surface area contributed by atoms with E-state index in [-0.39, 0.29) is 17.7 Å². The summed E-state index contributed by atoms with van der Waals surface area (Å²) in [6.45, 7) is 0. The lowest BCUT2D eigenvalue weighted by molar-refractivity contribution is 0.610. The number of halogens is 2. The van der Waals surface area contributed by atoms with E-state index in [9.17, 15) is 8.78 Å². The minimum atomic E-state index is -0.366. The summed E-state index contributed by atoms with van der Waals surface area (Å²) >= 11 is 1.56. The smallest absolute Gasteiger partial charge is 0.141 e. The number of benzene rings is 1. The first kappa shape index (κ1) is 13.1. The van der Waals surface area contributed by atoms with Crippen LogP contribution in [0, 0.1) is 11.6 Å². The normalized spacial score (nSPS) is 12.8. The maximum atomic E-state index is 13.3. The van der Waals surface area contributed by atoms with Crippen molar-refractivity contribution >= 4 is 21.4 Å². The van der Waals surface area contributed by atoms with Crippen molar-refractivity contribution in [3.63, 3.8) is 0 Å². The lowest BCUT2D eigenvalue weighted by atomic mass is 10.1. The number of hydrogen-bond acceptors (Lipinski definition) is 3. The van der Waals surface area contributed by atoms with Crippen molar-refractivity contribution in [2.24, 2.45) is 0 Å². The zero-order valence-corrected chi connectivity index (χ0v) is 11.5. The SMILES string of the molecule is CNC(c1cncc(F)c1)c1cc2cc(F)ccc2s1. The summed E-state index contributed by atoms with van der Waals surface area (Å²) < 4.78 is 27.5. The Kier molecular flexibility index (Phi) is 3.46. The summed E-state index contributed by atoms with van der Waals surface area (Å²) in [6, 6.07) is 7.94. The van der Waals surface area contributed by atoms with Crippen LogP contribution in [0.25, 0.3) is 10.1 Å². The molecule has 2 nitrogen and oxygen atoms in total. The number of thiophene rings is 1. The molecule has 0 fully saturated rings. The molecule has 1 atom stereocenters. The first-order chi connectivity index (χ1) is 9.67. The van der Waals surface area contributed by atoms with Crippen LogP contribution in [-0.4, -0.2) is 12.0 Å². The maximum absolute atomic E-state index is 13.3. The summed E-state index contributed by atoms with van der Waals surface area (Å²) in [7, 11) is 1.81. The lowest BCUT2D eigenvalue weighted by Gasteiger charge is -2.14. The first-order valence-electron chi connectivity index (χ1n) is 6.14. The number of nitrogens with zero attached hydrogens (tertiary/aromatic N) is 1. The quantitative estimate of drug-likeness (QED) is 0.791. The van der Waals surface area contributed by atoms with Gasteiger partial charge in [-0.15, -0.1) is 11.3 Å². The molecule has 0 saturated carbocycles. The molecule has 0 radical (unpaired) electrons. The Morgan fingerprint density at radius 3 is 2.70 bits per heavy atom. The highest BCUT2D eigenvalue weighted by molar-refractivity contribution is 7.19. The molecule has 1 aromatic carbocycles. The zero-order chi connectivity index (χ0) is 14.1. The van der Waals surface area contributed by atoms with Crippen molar-refractivity contribution in [1.29, 1.82) is 0 Å². The van der Waals surface area contributed by atoms with Crippen LogP contribution in [0.15, 0.2) is 42.7 Å². The fourth-order valence-electron chi connectivity index (χ4n) is 2.24. The molecule has 1 unspecified atom stereocenters. The third kappa shape index (κ3) is 2.42. The number of aromatic nitrogens is 1. The predicted molar refractivity (Wildman–Crippen MR) is 76.9 cm³/mol. The average molecular weight is 290 g/mol. The van der Waals surface area contributed by atoms with Crippen LogP contribution in [0.5, 0.6) is 0 Å². The van der Waals surface area contributed by atoms with Gasteiger partial charge in [0.15, 0.2) is 0 Å². The van der Waals surface area contributed by atoms with Crippen molar-refractivity contribution < 1.29 is 8.78 Å². The second kappa shape index (κ2) is 5.26. The molecule has 0 bridgehead atoms. The van der Waals surface area contributed by atoms with Crippen molar-refractivity contribution in [1.82, 2.24) is 10.3 Å². The molecular weight excluding hydrogens is 278 g/mol. The highest BCUT2D eigenvalue weighted by Crippen LogP contribution is 2.33. The van der Waals surface area contributed by atoms with Crippen LogP contribution in [0.1, 0.15) is 16.5 Å². The van der Waals surface area contributed by atoms with Gasteiger partial charge in [-0.05, 0) is 48.3 Å². The van der Waals surface area contributed by atoms with Gasteiger partial charge in [0.05, 0.1) is 12.2 Å². The van der Waals surface area contributed by atoms with Gasteiger partial charge < -0.3 is 5.32 Å². The fraction of sp³-hybridized carbons (Fsp3) is 0.133. The monoisotopic (exact) mass is 290 g/mol. The molecule has 0 saturated heterocycles. The molecule has 3 aromatic rings. The minimum absolute atomic E-state index is 0.154. The van der Waals surface area contributed by atoms with Gasteiger partial charge >= 0.3 is 0 Å². The van der Waals surface area contributed by atoms with Crippen LogP contribution < -0.4 is 5.32 Å². The highest BCUT2D eigenvalue weighted by Gasteiger charge is 2.16. The summed E-state index contributed by atoms with van der Waals surface area (Å²) in [6.07, 6.45) is 2.81. The Bertz CT molecular complexity index is 754. The average Bonchev–Trinajstić information content (AvgIpc) is 2.82. The first-order valence-corrected chi connectivity index (χ1v) is 6.96. The Morgan fingerprint density at radius 2 is 1.95 bits per heavy atom. The van der Waals surface area contributed by atoms with Crippen molar-refractivity contribution in [2.75, 3.05) is 7.05 Å². The highest BCUT2D eigenvalue weighted by atomic mass is 32.1. The molecule has 2 aromatic heterocycles. The minimum Gasteiger partial charge on any atom is -0.309 e. The molecule has 3 rings (SSSR count). The number of nitrogens with one attached hydrogen (secondary N) is 1. The van der Waals surface area contributed by atoms with Gasteiger partial charge in [-0.2, -0.15) is 0 Å². The third-order valence-electron chi connectivity index (χ3n) is 3.13. The van der Waals surface area contributed by atoms with Crippen LogP contribution in [0.2, 0.25) is 0 Å². The van der Waals surface area contributed by atoms with E-state index in [1.165, 1.54) is 24.4 Å². The summed E-state index contributed by atoms with van der Waals surface area (Å²) in [5.41, 5.74) is 0.750. The Morgan fingerprint density at radius 1 is 1.10 bits per heavy atom. The van der Waals surface area contributed by atoms with E-state index < -0.39 is 0 Å². The second-order valence-electron chi connectivity index (χ2n) is 4.49. The number of fused-ring (bicyclic) bond motifs is 1. The fourth-order valence-corrected chi connectivity index (χ4v) is 3.42. The topological polar surface area (TPSA) is 24.9 Å². The van der Waals surface area contributed by atoms with E-state index in [1.54, 1.807) is 30.6 Å². The molecule has 0 spiro atoms. The Balaban J connectivity index is 2.07. The van der Waals surface area contributed by atoms with Crippen molar-refractivity contribution in [2.45, 2.75) is 6.04 Å². The van der Waals surface area contributed by atoms with E-state index in [1.807, 2.05) is 6.07 Å². The number of pyridine rings is 1. The standard InChI is InChI=1S/C15H12F2N2S/c1-18-15(10-5-12(17)8-19-7-10)14-6-9-4-11(16)2-3-13(9)20-14/h2-8,15,18H,1H3. The Hall–Kier alpha value is -1.85. The van der Waals surface area contributed by atoms with Crippen molar-refractivity contribution in [3.8, 4) is 0 Å². The molecule has 20 heavy (non-hydrogen) atoms. The molecule has 102 valence electrons. The van der Waals surface area contributed by atoms with Gasteiger partial charge in [-0.25, -0.2) is 8.78 Å². The number of hydrogen-bond donors (Lipinski definition) is 1. The molecule has 2 heterocycles. The van der Waals surface area contributed by atoms with Gasteiger partial charge in [0.1, 0.15) is 11.6 Å². The molecule has 0 aliphatic heterocycles. The van der Waals surface area contributed by atoms with E-state index in [0.29, 0.717) is 0 Å². The molecular formula is C15H12F2N2S.